The first kappa shape index (κ1) is 29.2. The highest BCUT2D eigenvalue weighted by Gasteiger charge is 2.41. The van der Waals surface area contributed by atoms with Crippen LogP contribution in [-0.2, 0) is 20.8 Å². The van der Waals surface area contributed by atoms with Gasteiger partial charge in [0.05, 0.1) is 17.7 Å². The lowest BCUT2D eigenvalue weighted by molar-refractivity contribution is -0.153. The molecule has 2 aromatic rings. The summed E-state index contributed by atoms with van der Waals surface area (Å²) in [6, 6.07) is 1.84. The summed E-state index contributed by atoms with van der Waals surface area (Å²) < 4.78 is 20.1. The quantitative estimate of drug-likeness (QED) is 0.158. The van der Waals surface area contributed by atoms with Gasteiger partial charge in [-0.25, -0.2) is 14.0 Å². The second-order valence-electron chi connectivity index (χ2n) is 9.26. The molecule has 1 saturated heterocycles. The number of nitrogens with two attached hydrogens (primary N) is 1. The van der Waals surface area contributed by atoms with E-state index >= 15 is 0 Å². The molecule has 41 heavy (non-hydrogen) atoms. The predicted octanol–water partition coefficient (Wildman–Crippen LogP) is -1.47. The number of aromatic nitrogens is 1. The number of nitrogens with one attached hydrogen (secondary N) is 2. The maximum absolute atomic E-state index is 14.8. The highest BCUT2D eigenvalue weighted by atomic mass is 19.1. The molecule has 5 amide bonds. The van der Waals surface area contributed by atoms with Gasteiger partial charge in [0.25, 0.3) is 0 Å². The van der Waals surface area contributed by atoms with Crippen molar-refractivity contribution >= 4 is 36.8 Å². The third-order valence-corrected chi connectivity index (χ3v) is 6.52. The summed E-state index contributed by atoms with van der Waals surface area (Å²) in [7, 11) is -1.72. The fraction of sp³-hybridized carbons (Fsp3) is 0.333. The number of amides is 5. The van der Waals surface area contributed by atoms with Crippen LogP contribution in [0.2, 0.25) is 0 Å². The van der Waals surface area contributed by atoms with Crippen molar-refractivity contribution in [1.29, 1.82) is 0 Å². The molecule has 4 rings (SSSR count). The second kappa shape index (κ2) is 12.2. The zero-order chi connectivity index (χ0) is 29.8. The zero-order valence-electron chi connectivity index (χ0n) is 21.4. The molecular formula is C24H26BFN6O9. The lowest BCUT2D eigenvalue weighted by Gasteiger charge is -2.33. The maximum Gasteiger partial charge on any atom is 0.547 e. The highest BCUT2D eigenvalue weighted by Crippen LogP contribution is 2.30. The Morgan fingerprint density at radius 2 is 2.00 bits per heavy atom. The van der Waals surface area contributed by atoms with Crippen molar-refractivity contribution in [3.63, 3.8) is 0 Å². The van der Waals surface area contributed by atoms with Crippen LogP contribution in [0.5, 0.6) is 11.5 Å². The van der Waals surface area contributed by atoms with E-state index in [1.165, 1.54) is 23.1 Å². The molecule has 3 heterocycles. The molecule has 1 aromatic carbocycles. The monoisotopic (exact) mass is 572 g/mol. The molecular weight excluding hydrogens is 546 g/mol. The standard InChI is InChI=1S/C24H26BFN6O9/c26-15-10-13(33)11-28-17(15)18(30-24(39)32-8-7-31(6-2-5-27)21(35)22(32)36)20(34)29-16-9-12-3-1-4-14(23(37)38)19(12)41-25(16)40/h1,3-4,10-11,16,18,33,40H,2,5-9,27H2,(H,29,34)(H,30,39)(H,37,38). The zero-order valence-corrected chi connectivity index (χ0v) is 21.4. The van der Waals surface area contributed by atoms with Gasteiger partial charge in [0.15, 0.2) is 11.9 Å². The van der Waals surface area contributed by atoms with Crippen LogP contribution in [0.25, 0.3) is 0 Å². The van der Waals surface area contributed by atoms with E-state index in [1.54, 1.807) is 0 Å². The van der Waals surface area contributed by atoms with Gasteiger partial charge in [-0.3, -0.25) is 24.3 Å². The van der Waals surface area contributed by atoms with E-state index < -0.39 is 66.1 Å². The number of carbonyl (C=O) groups is 5. The van der Waals surface area contributed by atoms with Gasteiger partial charge < -0.3 is 41.2 Å². The van der Waals surface area contributed by atoms with Crippen molar-refractivity contribution < 1.29 is 48.3 Å². The van der Waals surface area contributed by atoms with Gasteiger partial charge in [-0.1, -0.05) is 12.1 Å². The number of hydrogen-bond acceptors (Lipinski definition) is 10. The Kier molecular flexibility index (Phi) is 8.68. The first-order valence-electron chi connectivity index (χ1n) is 12.5. The number of aromatic hydroxyl groups is 1. The fourth-order valence-electron chi connectivity index (χ4n) is 4.46. The van der Waals surface area contributed by atoms with Crippen LogP contribution in [0.4, 0.5) is 9.18 Å². The number of aromatic carboxylic acids is 1. The van der Waals surface area contributed by atoms with Crippen LogP contribution in [0, 0.1) is 5.82 Å². The van der Waals surface area contributed by atoms with Gasteiger partial charge in [-0.05, 0) is 31.0 Å². The number of halogens is 1. The van der Waals surface area contributed by atoms with Gasteiger partial charge in [-0.15, -0.1) is 0 Å². The lowest BCUT2D eigenvalue weighted by Crippen LogP contribution is -2.60. The molecule has 0 saturated carbocycles. The summed E-state index contributed by atoms with van der Waals surface area (Å²) in [4.78, 5) is 68.5. The molecule has 1 aromatic heterocycles. The molecule has 0 bridgehead atoms. The van der Waals surface area contributed by atoms with Gasteiger partial charge in [0.2, 0.25) is 5.91 Å². The topological polar surface area (TPSA) is 225 Å². The number of fused-ring (bicyclic) bond motifs is 1. The highest BCUT2D eigenvalue weighted by molar-refractivity contribution is 6.47. The first-order chi connectivity index (χ1) is 19.5. The van der Waals surface area contributed by atoms with Crippen molar-refractivity contribution in [1.82, 2.24) is 25.4 Å². The van der Waals surface area contributed by atoms with E-state index in [4.69, 9.17) is 10.4 Å². The largest absolute Gasteiger partial charge is 0.547 e. The van der Waals surface area contributed by atoms with Crippen LogP contribution in [-0.4, -0.2) is 99.0 Å². The number of piperazine rings is 1. The normalized spacial score (nSPS) is 17.4. The maximum atomic E-state index is 14.8. The average Bonchev–Trinajstić information content (AvgIpc) is 2.92. The number of imide groups is 1. The van der Waals surface area contributed by atoms with Crippen LogP contribution >= 0.6 is 0 Å². The van der Waals surface area contributed by atoms with Crippen molar-refractivity contribution in [2.75, 3.05) is 26.2 Å². The van der Waals surface area contributed by atoms with E-state index in [0.717, 1.165) is 6.20 Å². The average molecular weight is 572 g/mol. The summed E-state index contributed by atoms with van der Waals surface area (Å²) in [5.41, 5.74) is 4.97. The van der Waals surface area contributed by atoms with Crippen molar-refractivity contribution in [2.24, 2.45) is 5.73 Å². The number of carboxylic acids is 1. The van der Waals surface area contributed by atoms with Gasteiger partial charge >= 0.3 is 30.9 Å². The van der Waals surface area contributed by atoms with Gasteiger partial charge in [0, 0.05) is 25.7 Å². The summed E-state index contributed by atoms with van der Waals surface area (Å²) >= 11 is 0. The van der Waals surface area contributed by atoms with Crippen LogP contribution in [0.3, 0.4) is 0 Å². The molecule has 0 spiro atoms. The van der Waals surface area contributed by atoms with Crippen LogP contribution in [0.15, 0.2) is 30.5 Å². The molecule has 0 radical (unpaired) electrons. The molecule has 7 N–H and O–H groups in total. The Labute approximate surface area is 232 Å². The minimum absolute atomic E-state index is 0.0179. The van der Waals surface area contributed by atoms with Crippen LogP contribution in [0.1, 0.15) is 34.1 Å². The van der Waals surface area contributed by atoms with E-state index in [2.05, 4.69) is 15.6 Å². The number of para-hydroxylation sites is 1. The van der Waals surface area contributed by atoms with Crippen molar-refractivity contribution in [3.8, 4) is 11.5 Å². The molecule has 15 nitrogen and oxygen atoms in total. The Hall–Kier alpha value is -4.77. The predicted molar refractivity (Wildman–Crippen MR) is 137 cm³/mol. The number of carboxylic acid groups (broad SMARTS) is 1. The van der Waals surface area contributed by atoms with Crippen LogP contribution < -0.4 is 21.0 Å². The summed E-state index contributed by atoms with van der Waals surface area (Å²) in [6.45, 7) is 0.312. The van der Waals surface area contributed by atoms with E-state index in [0.29, 0.717) is 23.0 Å². The molecule has 1 fully saturated rings. The molecule has 17 heteroatoms. The summed E-state index contributed by atoms with van der Waals surface area (Å²) in [5.74, 6) is -7.47. The van der Waals surface area contributed by atoms with Gasteiger partial charge in [0.1, 0.15) is 17.2 Å². The molecule has 2 unspecified atom stereocenters. The van der Waals surface area contributed by atoms with Gasteiger partial charge in [-0.2, -0.15) is 0 Å². The number of rotatable bonds is 8. The van der Waals surface area contributed by atoms with Crippen molar-refractivity contribution in [3.05, 3.63) is 53.1 Å². The Bertz CT molecular complexity index is 1400. The molecule has 0 aliphatic carbocycles. The second-order valence-corrected chi connectivity index (χ2v) is 9.26. The molecule has 2 aliphatic rings. The van der Waals surface area contributed by atoms with E-state index in [9.17, 15) is 43.6 Å². The molecule has 2 atom stereocenters. The Balaban J connectivity index is 1.55. The van der Waals surface area contributed by atoms with Crippen molar-refractivity contribution in [2.45, 2.75) is 24.8 Å². The number of pyridine rings is 1. The third kappa shape index (κ3) is 6.20. The fourth-order valence-corrected chi connectivity index (χ4v) is 4.46. The third-order valence-electron chi connectivity index (χ3n) is 6.52. The lowest BCUT2D eigenvalue weighted by atomic mass is 9.72. The van der Waals surface area contributed by atoms with E-state index in [1.807, 2.05) is 0 Å². The smallest absolute Gasteiger partial charge is 0.534 e. The SMILES string of the molecule is NCCCN1CCN(C(=O)NC(C(=O)NC2Cc3cccc(C(=O)O)c3OB2O)c2ncc(O)cc2F)C(=O)C1=O. The number of carbonyl (C=O) groups excluding carboxylic acids is 4. The Morgan fingerprint density at radius 3 is 2.68 bits per heavy atom. The molecule has 2 aliphatic heterocycles. The minimum atomic E-state index is -1.89. The summed E-state index contributed by atoms with van der Waals surface area (Å²) in [6.07, 6.45) is 1.18. The minimum Gasteiger partial charge on any atom is -0.534 e. The summed E-state index contributed by atoms with van der Waals surface area (Å²) in [5, 5.41) is 34.1. The van der Waals surface area contributed by atoms with E-state index in [-0.39, 0.29) is 43.9 Å². The first-order valence-corrected chi connectivity index (χ1v) is 12.5. The Morgan fingerprint density at radius 1 is 1.24 bits per heavy atom. The molecule has 216 valence electrons. The number of hydrogen-bond donors (Lipinski definition) is 6. The number of nitrogens with zero attached hydrogens (tertiary/aromatic N) is 3. The number of urea groups is 1. The number of benzene rings is 1.